The van der Waals surface area contributed by atoms with Gasteiger partial charge in [-0.15, -0.1) is 0 Å². The summed E-state index contributed by atoms with van der Waals surface area (Å²) in [6, 6.07) is 1.49. The van der Waals surface area contributed by atoms with Crippen LogP contribution in [0.3, 0.4) is 0 Å². The van der Waals surface area contributed by atoms with Crippen molar-refractivity contribution in [2.24, 2.45) is 5.92 Å². The van der Waals surface area contributed by atoms with Crippen molar-refractivity contribution >= 4 is 0 Å². The Kier molecular flexibility index (Phi) is 5.49. The molecule has 0 aromatic carbocycles. The van der Waals surface area contributed by atoms with Crippen LogP contribution in [0.1, 0.15) is 46.5 Å². The topological polar surface area (TPSA) is 24.1 Å². The van der Waals surface area contributed by atoms with Crippen molar-refractivity contribution in [3.8, 4) is 0 Å². The zero-order chi connectivity index (χ0) is 10.4. The van der Waals surface area contributed by atoms with Crippen LogP contribution in [0, 0.1) is 5.92 Å². The highest BCUT2D eigenvalue weighted by Crippen LogP contribution is 2.32. The molecule has 0 amide bonds. The molecule has 2 nitrogen and oxygen atoms in total. The molecule has 0 aliphatic heterocycles. The summed E-state index contributed by atoms with van der Waals surface area (Å²) in [7, 11) is 0. The average Bonchev–Trinajstić information content (AvgIpc) is 2.89. The van der Waals surface area contributed by atoms with Gasteiger partial charge >= 0.3 is 0 Å². The molecule has 0 heterocycles. The normalized spacial score (nSPS) is 25.7. The van der Waals surface area contributed by atoms with Crippen LogP contribution in [0.15, 0.2) is 0 Å². The predicted octanol–water partition coefficient (Wildman–Crippen LogP) is 2.15. The van der Waals surface area contributed by atoms with Crippen LogP contribution in [0.25, 0.3) is 0 Å². The van der Waals surface area contributed by atoms with Crippen LogP contribution in [0.4, 0.5) is 0 Å². The highest BCUT2D eigenvalue weighted by Gasteiger charge is 2.34. The van der Waals surface area contributed by atoms with E-state index in [1.807, 2.05) is 0 Å². The third kappa shape index (κ3) is 4.97. The van der Waals surface area contributed by atoms with Crippen LogP contribution >= 0.6 is 0 Å². The molecule has 0 saturated heterocycles. The van der Waals surface area contributed by atoms with E-state index in [4.69, 9.17) is 0 Å². The minimum atomic E-state index is 0.635. The molecule has 1 saturated carbocycles. The highest BCUT2D eigenvalue weighted by molar-refractivity contribution is 4.91. The molecule has 84 valence electrons. The molecule has 0 aromatic rings. The lowest BCUT2D eigenvalue weighted by molar-refractivity contribution is 0.533. The second kappa shape index (κ2) is 6.41. The van der Waals surface area contributed by atoms with Gasteiger partial charge in [-0.1, -0.05) is 27.2 Å². The molecule has 0 radical (unpaired) electrons. The van der Waals surface area contributed by atoms with Gasteiger partial charge in [0.2, 0.25) is 0 Å². The summed E-state index contributed by atoms with van der Waals surface area (Å²) in [5, 5.41) is 7.06. The first-order valence-corrected chi connectivity index (χ1v) is 6.20. The summed E-state index contributed by atoms with van der Waals surface area (Å²) in [6.45, 7) is 9.07. The number of rotatable bonds is 8. The first-order valence-electron chi connectivity index (χ1n) is 6.20. The van der Waals surface area contributed by atoms with Crippen LogP contribution < -0.4 is 10.6 Å². The fraction of sp³-hybridized carbons (Fsp3) is 1.00. The maximum atomic E-state index is 3.62. The van der Waals surface area contributed by atoms with Gasteiger partial charge < -0.3 is 10.6 Å². The van der Waals surface area contributed by atoms with Crippen molar-refractivity contribution in [3.63, 3.8) is 0 Å². The fourth-order valence-corrected chi connectivity index (χ4v) is 1.88. The van der Waals surface area contributed by atoms with Gasteiger partial charge in [0.25, 0.3) is 0 Å². The molecule has 2 unspecified atom stereocenters. The molecule has 0 bridgehead atoms. The van der Waals surface area contributed by atoms with E-state index in [9.17, 15) is 0 Å². The molecular formula is C12H26N2. The minimum Gasteiger partial charge on any atom is -0.315 e. The van der Waals surface area contributed by atoms with Crippen molar-refractivity contribution < 1.29 is 0 Å². The van der Waals surface area contributed by atoms with Crippen molar-refractivity contribution in [1.29, 1.82) is 0 Å². The molecule has 0 spiro atoms. The van der Waals surface area contributed by atoms with Gasteiger partial charge in [0.05, 0.1) is 0 Å². The van der Waals surface area contributed by atoms with Crippen LogP contribution in [0.5, 0.6) is 0 Å². The Morgan fingerprint density at radius 3 is 2.50 bits per heavy atom. The number of hydrogen-bond acceptors (Lipinski definition) is 2. The Bertz CT molecular complexity index is 145. The summed E-state index contributed by atoms with van der Waals surface area (Å²) >= 11 is 0. The van der Waals surface area contributed by atoms with Gasteiger partial charge in [0, 0.05) is 12.1 Å². The van der Waals surface area contributed by atoms with E-state index >= 15 is 0 Å². The summed E-state index contributed by atoms with van der Waals surface area (Å²) in [5.74, 6) is 0.990. The Morgan fingerprint density at radius 1 is 1.21 bits per heavy atom. The SMILES string of the molecule is CCC1CC1NCCCCNC(C)C. The molecule has 1 aliphatic carbocycles. The van der Waals surface area contributed by atoms with E-state index in [1.165, 1.54) is 38.8 Å². The molecule has 2 N–H and O–H groups in total. The van der Waals surface area contributed by atoms with Gasteiger partial charge in [-0.2, -0.15) is 0 Å². The third-order valence-corrected chi connectivity index (χ3v) is 3.01. The monoisotopic (exact) mass is 198 g/mol. The molecule has 1 fully saturated rings. The molecule has 2 atom stereocenters. The van der Waals surface area contributed by atoms with Crippen LogP contribution in [-0.4, -0.2) is 25.2 Å². The average molecular weight is 198 g/mol. The van der Waals surface area contributed by atoms with Gasteiger partial charge in [-0.3, -0.25) is 0 Å². The predicted molar refractivity (Wildman–Crippen MR) is 62.6 cm³/mol. The standard InChI is InChI=1S/C12H26N2/c1-4-11-9-12(11)14-8-6-5-7-13-10(2)3/h10-14H,4-9H2,1-3H3. The van der Waals surface area contributed by atoms with E-state index in [-0.39, 0.29) is 0 Å². The third-order valence-electron chi connectivity index (χ3n) is 3.01. The Balaban J connectivity index is 1.77. The highest BCUT2D eigenvalue weighted by atomic mass is 15.0. The van der Waals surface area contributed by atoms with E-state index in [1.54, 1.807) is 0 Å². The maximum Gasteiger partial charge on any atom is 0.00990 e. The fourth-order valence-electron chi connectivity index (χ4n) is 1.88. The van der Waals surface area contributed by atoms with Crippen LogP contribution in [-0.2, 0) is 0 Å². The van der Waals surface area contributed by atoms with Gasteiger partial charge in [-0.25, -0.2) is 0 Å². The lowest BCUT2D eigenvalue weighted by Gasteiger charge is -2.07. The van der Waals surface area contributed by atoms with E-state index in [0.717, 1.165) is 12.0 Å². The Morgan fingerprint density at radius 2 is 1.93 bits per heavy atom. The molecule has 1 rings (SSSR count). The Labute approximate surface area is 88.8 Å². The molecule has 1 aliphatic rings. The second-order valence-corrected chi connectivity index (χ2v) is 4.78. The van der Waals surface area contributed by atoms with Crippen molar-refractivity contribution in [2.75, 3.05) is 13.1 Å². The van der Waals surface area contributed by atoms with Crippen molar-refractivity contribution in [2.45, 2.75) is 58.5 Å². The van der Waals surface area contributed by atoms with Crippen LogP contribution in [0.2, 0.25) is 0 Å². The van der Waals surface area contributed by atoms with E-state index < -0.39 is 0 Å². The molecular weight excluding hydrogens is 172 g/mol. The lowest BCUT2D eigenvalue weighted by Crippen LogP contribution is -2.25. The molecule has 0 aromatic heterocycles. The van der Waals surface area contributed by atoms with E-state index in [2.05, 4.69) is 31.4 Å². The number of hydrogen-bond donors (Lipinski definition) is 2. The van der Waals surface area contributed by atoms with Crippen molar-refractivity contribution in [3.05, 3.63) is 0 Å². The molecule has 14 heavy (non-hydrogen) atoms. The Hall–Kier alpha value is -0.0800. The zero-order valence-electron chi connectivity index (χ0n) is 9.97. The van der Waals surface area contributed by atoms with E-state index in [0.29, 0.717) is 6.04 Å². The smallest absolute Gasteiger partial charge is 0.00990 e. The first-order chi connectivity index (χ1) is 6.74. The van der Waals surface area contributed by atoms with Gasteiger partial charge in [-0.05, 0) is 38.3 Å². The number of nitrogens with one attached hydrogen (secondary N) is 2. The zero-order valence-corrected chi connectivity index (χ0v) is 9.97. The first kappa shape index (κ1) is 12.0. The maximum absolute atomic E-state index is 3.62. The summed E-state index contributed by atoms with van der Waals surface area (Å²) < 4.78 is 0. The molecule has 2 heteroatoms. The van der Waals surface area contributed by atoms with Crippen molar-refractivity contribution in [1.82, 2.24) is 10.6 Å². The minimum absolute atomic E-state index is 0.635. The summed E-state index contributed by atoms with van der Waals surface area (Å²) in [4.78, 5) is 0. The lowest BCUT2D eigenvalue weighted by atomic mass is 10.2. The number of unbranched alkanes of at least 4 members (excludes halogenated alkanes) is 1. The van der Waals surface area contributed by atoms with Gasteiger partial charge in [0.15, 0.2) is 0 Å². The second-order valence-electron chi connectivity index (χ2n) is 4.78. The summed E-state index contributed by atoms with van der Waals surface area (Å²) in [5.41, 5.74) is 0. The quantitative estimate of drug-likeness (QED) is 0.584. The van der Waals surface area contributed by atoms with Gasteiger partial charge in [0.1, 0.15) is 0 Å². The summed E-state index contributed by atoms with van der Waals surface area (Å²) in [6.07, 6.45) is 5.38. The largest absolute Gasteiger partial charge is 0.315 e.